The van der Waals surface area contributed by atoms with Gasteiger partial charge in [0.1, 0.15) is 10.6 Å². The number of hydrogen-bond donors (Lipinski definition) is 0. The van der Waals surface area contributed by atoms with Crippen LogP contribution in [-0.4, -0.2) is 6.16 Å². The molecule has 0 heterocycles. The lowest BCUT2D eigenvalue weighted by atomic mass is 10.4. The molecule has 0 amide bonds. The van der Waals surface area contributed by atoms with E-state index in [1.165, 1.54) is 21.2 Å². The molecule has 0 bridgehead atoms. The average molecular weight is 423 g/mol. The van der Waals surface area contributed by atoms with Gasteiger partial charge in [0.25, 0.3) is 0 Å². The van der Waals surface area contributed by atoms with Crippen molar-refractivity contribution in [1.29, 1.82) is 0 Å². The maximum atomic E-state index is 3.90. The highest BCUT2D eigenvalue weighted by atomic mass is 31.2. The largest absolute Gasteiger partial charge is 0.156 e. The first kappa shape index (κ1) is 20.6. The summed E-state index contributed by atoms with van der Waals surface area (Å²) < 4.78 is 0. The monoisotopic (exact) mass is 423 g/mol. The first-order valence-electron chi connectivity index (χ1n) is 10.3. The average Bonchev–Trinajstić information content (AvgIpc) is 2.84. The molecule has 0 atom stereocenters. The maximum Gasteiger partial charge on any atom is 0.156 e. The lowest BCUT2D eigenvalue weighted by molar-refractivity contribution is 1.49. The van der Waals surface area contributed by atoms with Gasteiger partial charge in [-0.3, -0.25) is 0 Å². The summed E-state index contributed by atoms with van der Waals surface area (Å²) in [4.78, 5) is 0. The Morgan fingerprint density at radius 2 is 0.933 bits per heavy atom. The molecular weight excluding hydrogens is 398 g/mol. The summed E-state index contributed by atoms with van der Waals surface area (Å²) in [7, 11) is -2.56. The Labute approximate surface area is 182 Å². The van der Waals surface area contributed by atoms with Crippen LogP contribution in [0.4, 0.5) is 0 Å². The van der Waals surface area contributed by atoms with Gasteiger partial charge in [-0.05, 0) is 47.5 Å². The minimum Gasteiger partial charge on any atom is -0.0622 e. The van der Waals surface area contributed by atoms with Gasteiger partial charge in [-0.1, -0.05) is 97.1 Å². The molecule has 0 saturated carbocycles. The van der Waals surface area contributed by atoms with Crippen LogP contribution in [0.1, 0.15) is 6.92 Å². The van der Waals surface area contributed by atoms with Gasteiger partial charge in [-0.25, -0.2) is 0 Å². The third-order valence-electron chi connectivity index (χ3n) is 5.25. The van der Waals surface area contributed by atoms with Gasteiger partial charge in [-0.2, -0.15) is 0 Å². The van der Waals surface area contributed by atoms with E-state index >= 15 is 0 Å². The van der Waals surface area contributed by atoms with E-state index in [-0.39, 0.29) is 0 Å². The second-order valence-corrected chi connectivity index (χ2v) is 12.5. The molecule has 0 saturated heterocycles. The molecule has 0 radical (unpaired) electrons. The molecule has 4 aromatic carbocycles. The summed E-state index contributed by atoms with van der Waals surface area (Å²) in [5, 5.41) is 5.34. The van der Waals surface area contributed by atoms with Crippen molar-refractivity contribution in [3.8, 4) is 11.3 Å². The third kappa shape index (κ3) is 4.40. The second kappa shape index (κ2) is 9.87. The predicted molar refractivity (Wildman–Crippen MR) is 136 cm³/mol. The highest BCUT2D eigenvalue weighted by Gasteiger charge is 2.40. The van der Waals surface area contributed by atoms with Crippen molar-refractivity contribution in [2.45, 2.75) is 6.92 Å². The van der Waals surface area contributed by atoms with Crippen molar-refractivity contribution >= 4 is 36.4 Å². The van der Waals surface area contributed by atoms with E-state index in [1.54, 1.807) is 0 Å². The molecule has 0 aliphatic rings. The van der Waals surface area contributed by atoms with Crippen LogP contribution >= 0.6 is 15.2 Å². The van der Waals surface area contributed by atoms with E-state index in [9.17, 15) is 0 Å². The Hall–Kier alpha value is -2.70. The van der Waals surface area contributed by atoms with Gasteiger partial charge in [0.15, 0.2) is 7.26 Å². The smallest absolute Gasteiger partial charge is 0.0622 e. The Kier molecular flexibility index (Phi) is 6.77. The summed E-state index contributed by atoms with van der Waals surface area (Å²) in [5.41, 5.74) is 7.71. The van der Waals surface area contributed by atoms with E-state index in [2.05, 4.69) is 140 Å². The molecule has 0 aromatic heterocycles. The third-order valence-corrected chi connectivity index (χ3v) is 11.2. The Balaban J connectivity index is 1.89. The number of rotatable bonds is 5. The molecule has 146 valence electrons. The zero-order valence-corrected chi connectivity index (χ0v) is 18.9. The minimum atomic E-state index is -1.82. The van der Waals surface area contributed by atoms with Gasteiger partial charge in [-0.15, -0.1) is 0 Å². The van der Waals surface area contributed by atoms with Gasteiger partial charge < -0.3 is 0 Å². The molecule has 0 unspecified atom stereocenters. The van der Waals surface area contributed by atoms with Crippen LogP contribution < -0.4 is 21.2 Å². The summed E-state index contributed by atoms with van der Waals surface area (Å²) in [5.74, 6) is 0. The quantitative estimate of drug-likeness (QED) is 0.284. The molecule has 0 N–H and O–H groups in total. The molecule has 4 aromatic rings. The predicted octanol–water partition coefficient (Wildman–Crippen LogP) is 5.73. The van der Waals surface area contributed by atoms with Crippen LogP contribution in [0.25, 0.3) is 0 Å². The number of hydrogen-bond acceptors (Lipinski definition) is 0. The normalized spacial score (nSPS) is 11.0. The molecule has 0 aliphatic carbocycles. The molecule has 0 fully saturated rings. The zero-order chi connectivity index (χ0) is 20.7. The fourth-order valence-corrected chi connectivity index (χ4v) is 9.04. The van der Waals surface area contributed by atoms with Crippen LogP contribution in [0.3, 0.4) is 0 Å². The zero-order valence-electron chi connectivity index (χ0n) is 17.1. The van der Waals surface area contributed by atoms with Crippen molar-refractivity contribution in [3.05, 3.63) is 121 Å². The van der Waals surface area contributed by atoms with E-state index in [1.807, 2.05) is 0 Å². The minimum absolute atomic E-state index is 0.735. The second-order valence-electron chi connectivity index (χ2n) is 7.03. The molecule has 0 spiro atoms. The van der Waals surface area contributed by atoms with Crippen molar-refractivity contribution in [3.63, 3.8) is 0 Å². The van der Waals surface area contributed by atoms with Crippen molar-refractivity contribution in [2.75, 3.05) is 6.16 Å². The Morgan fingerprint density at radius 3 is 1.30 bits per heavy atom. The van der Waals surface area contributed by atoms with Crippen molar-refractivity contribution in [2.24, 2.45) is 0 Å². The lowest BCUT2D eigenvalue weighted by Gasteiger charge is -2.20. The van der Waals surface area contributed by atoms with Crippen LogP contribution in [0, 0.1) is 11.3 Å². The fraction of sp³-hybridized carbons (Fsp3) is 0.0714. The summed E-state index contributed by atoms with van der Waals surface area (Å²) in [6.45, 7) is 2.29. The van der Waals surface area contributed by atoms with Gasteiger partial charge in [0, 0.05) is 7.92 Å². The molecule has 0 nitrogen and oxygen atoms in total. The molecule has 2 heteroatoms. The van der Waals surface area contributed by atoms with Crippen LogP contribution in [0.5, 0.6) is 0 Å². The molecule has 4 rings (SSSR count). The number of benzene rings is 4. The highest BCUT2D eigenvalue weighted by Crippen LogP contribution is 2.55. The Bertz CT molecular complexity index is 1030. The van der Waals surface area contributed by atoms with Gasteiger partial charge in [0.05, 0.1) is 11.8 Å². The highest BCUT2D eigenvalue weighted by molar-refractivity contribution is 7.94. The topological polar surface area (TPSA) is 0 Å². The van der Waals surface area contributed by atoms with E-state index in [0.717, 1.165) is 6.16 Å². The fourth-order valence-electron chi connectivity index (χ4n) is 3.65. The summed E-state index contributed by atoms with van der Waals surface area (Å²) in [6, 6.07) is 43.2. The van der Waals surface area contributed by atoms with E-state index < -0.39 is 15.2 Å². The lowest BCUT2D eigenvalue weighted by Crippen LogP contribution is -2.22. The van der Waals surface area contributed by atoms with Gasteiger partial charge >= 0.3 is 0 Å². The molecular formula is C28H25P2+. The van der Waals surface area contributed by atoms with Gasteiger partial charge in [0.2, 0.25) is 0 Å². The molecule has 0 aliphatic heterocycles. The standard InChI is InChI=1S/C28H25P2/c1-2-30(27-19-11-5-12-20-27,28-21-13-6-14-22-28)24-23-29(25-15-7-3-8-16-25)26-17-9-4-10-18-26/h3-22H,2H2,1H3/q+1. The summed E-state index contributed by atoms with van der Waals surface area (Å²) >= 11 is 0. The van der Waals surface area contributed by atoms with Crippen LogP contribution in [-0.2, 0) is 0 Å². The van der Waals surface area contributed by atoms with Crippen LogP contribution in [0.2, 0.25) is 0 Å². The SMILES string of the molecule is CC[P+](C#CP(c1ccccc1)c1ccccc1)(c1ccccc1)c1ccccc1. The van der Waals surface area contributed by atoms with E-state index in [4.69, 9.17) is 0 Å². The first-order chi connectivity index (χ1) is 14.8. The maximum absolute atomic E-state index is 3.90. The first-order valence-corrected chi connectivity index (χ1v) is 13.6. The van der Waals surface area contributed by atoms with Crippen LogP contribution in [0.15, 0.2) is 121 Å². The van der Waals surface area contributed by atoms with Crippen molar-refractivity contribution < 1.29 is 0 Å². The Morgan fingerprint density at radius 1 is 0.567 bits per heavy atom. The van der Waals surface area contributed by atoms with E-state index in [0.29, 0.717) is 0 Å². The summed E-state index contributed by atoms with van der Waals surface area (Å²) in [6.07, 6.45) is 1.03. The van der Waals surface area contributed by atoms with Crippen molar-refractivity contribution in [1.82, 2.24) is 0 Å². The molecule has 30 heavy (non-hydrogen) atoms.